The molecule has 0 radical (unpaired) electrons. The number of hydrogen-bond donors (Lipinski definition) is 1. The number of ether oxygens (including phenoxy) is 4. The third kappa shape index (κ3) is 11.2. The summed E-state index contributed by atoms with van der Waals surface area (Å²) >= 11 is -2.79. The molecule has 1 aliphatic carbocycles. The van der Waals surface area contributed by atoms with E-state index in [9.17, 15) is 14.7 Å². The second-order valence-electron chi connectivity index (χ2n) is 16.9. The van der Waals surface area contributed by atoms with E-state index in [1.54, 1.807) is 0 Å². The van der Waals surface area contributed by atoms with E-state index in [1.165, 1.54) is 68.8 Å². The first-order valence-corrected chi connectivity index (χ1v) is 28.3. The quantitative estimate of drug-likeness (QED) is 0.0624. The van der Waals surface area contributed by atoms with E-state index >= 15 is 0 Å². The summed E-state index contributed by atoms with van der Waals surface area (Å²) in [6.45, 7) is 22.5. The number of carbonyl (C=O) groups is 2. The molecule has 2 saturated heterocycles. The van der Waals surface area contributed by atoms with Crippen LogP contribution in [0, 0.1) is 23.7 Å². The van der Waals surface area contributed by atoms with Crippen molar-refractivity contribution in [3.05, 3.63) is 10.2 Å². The zero-order valence-electron chi connectivity index (χ0n) is 33.5. The van der Waals surface area contributed by atoms with Crippen molar-refractivity contribution in [2.45, 2.75) is 201 Å². The molecule has 0 aromatic carbocycles. The molecular weight excluding hydrogens is 735 g/mol. The first-order valence-electron chi connectivity index (χ1n) is 20.8. The number of hydrogen-bond acceptors (Lipinski definition) is 7. The average Bonchev–Trinajstić information content (AvgIpc) is 3.42. The Balaban J connectivity index is 2.00. The summed E-state index contributed by atoms with van der Waals surface area (Å²) in [4.78, 5) is 25.2. The van der Waals surface area contributed by atoms with Crippen LogP contribution in [0.5, 0.6) is 0 Å². The SMILES string of the molecule is C=[C](C[C@H]1O[C@@H]2[C@@H]3[C@H](CC[C@@](C)(O)[C@@H]31)[C@H](C)CO[C@]2(C)[C@H](CCOC(C)=O)OC(=O)CCCCCCC)[Sn]([CH2]CCC)([CH2]CCC)[CH2]CCC. The van der Waals surface area contributed by atoms with Crippen LogP contribution in [0.2, 0.25) is 13.3 Å². The zero-order chi connectivity index (χ0) is 37.0. The predicted octanol–water partition coefficient (Wildman–Crippen LogP) is 10.1. The van der Waals surface area contributed by atoms with Crippen LogP contribution in [0.15, 0.2) is 10.2 Å². The van der Waals surface area contributed by atoms with E-state index in [2.05, 4.69) is 41.5 Å². The van der Waals surface area contributed by atoms with Gasteiger partial charge >= 0.3 is 286 Å². The van der Waals surface area contributed by atoms with Gasteiger partial charge in [0.25, 0.3) is 0 Å². The molecule has 3 rings (SSSR count). The molecule has 3 aliphatic rings. The average molecular weight is 812 g/mol. The summed E-state index contributed by atoms with van der Waals surface area (Å²) in [6.07, 6.45) is 14.7. The monoisotopic (exact) mass is 812 g/mol. The summed E-state index contributed by atoms with van der Waals surface area (Å²) < 4.78 is 31.6. The summed E-state index contributed by atoms with van der Waals surface area (Å²) in [7, 11) is 0. The third-order valence-electron chi connectivity index (χ3n) is 12.9. The molecular formula is C42H76O7Sn. The number of aliphatic hydroxyl groups is 1. The number of esters is 2. The Morgan fingerprint density at radius 1 is 0.940 bits per heavy atom. The molecule has 0 amide bonds. The Morgan fingerprint density at radius 2 is 1.54 bits per heavy atom. The van der Waals surface area contributed by atoms with E-state index in [1.807, 2.05) is 6.92 Å². The van der Waals surface area contributed by atoms with Crippen LogP contribution >= 0.6 is 0 Å². The van der Waals surface area contributed by atoms with Crippen LogP contribution in [-0.2, 0) is 28.5 Å². The van der Waals surface area contributed by atoms with E-state index < -0.39 is 35.7 Å². The van der Waals surface area contributed by atoms with E-state index in [-0.39, 0.29) is 48.5 Å². The fraction of sp³-hybridized carbons (Fsp3) is 0.905. The molecule has 0 bridgehead atoms. The minimum absolute atomic E-state index is 0.0534. The first kappa shape index (κ1) is 43.8. The van der Waals surface area contributed by atoms with Crippen molar-refractivity contribution in [1.29, 1.82) is 0 Å². The minimum atomic E-state index is -2.79. The van der Waals surface area contributed by atoms with Crippen LogP contribution in [0.25, 0.3) is 0 Å². The van der Waals surface area contributed by atoms with Gasteiger partial charge in [-0.15, -0.1) is 0 Å². The van der Waals surface area contributed by atoms with E-state index in [0.717, 1.165) is 44.9 Å². The van der Waals surface area contributed by atoms with Gasteiger partial charge < -0.3 is 0 Å². The van der Waals surface area contributed by atoms with Gasteiger partial charge in [-0.1, -0.05) is 26.2 Å². The molecule has 1 saturated carbocycles. The van der Waals surface area contributed by atoms with Crippen LogP contribution in [-0.4, -0.2) is 78.1 Å². The second-order valence-corrected chi connectivity index (χ2v) is 30.5. The Kier molecular flexibility index (Phi) is 18.1. The standard InChI is InChI=1S/C30H49O7.3C4H9.Sn/c1-7-9-10-11-12-14-25(32)37-24(16-18-34-21(4)31)30(6)28-26-22(20(3)19-35-30)15-17-29(5,33)27(26)23(36-28)13-8-2;3*1-3-4-2;/h20,22-24,26-28,33H,2,7,9-19H2,1,3-6H3;3*1,3-4H2,2H3;/t20-,22-,23-,24+,26-,27-,28-,29-,30-;;;;/m1..../s1. The van der Waals surface area contributed by atoms with Crippen molar-refractivity contribution < 1.29 is 33.6 Å². The van der Waals surface area contributed by atoms with Crippen molar-refractivity contribution in [2.24, 2.45) is 23.7 Å². The Bertz CT molecular complexity index is 1040. The number of rotatable bonds is 23. The molecule has 1 N–H and O–H groups in total. The van der Waals surface area contributed by atoms with Crippen molar-refractivity contribution in [1.82, 2.24) is 0 Å². The van der Waals surface area contributed by atoms with Gasteiger partial charge in [0.1, 0.15) is 0 Å². The summed E-state index contributed by atoms with van der Waals surface area (Å²) in [5.41, 5.74) is -1.83. The Morgan fingerprint density at radius 3 is 2.12 bits per heavy atom. The van der Waals surface area contributed by atoms with Crippen LogP contribution in [0.1, 0.15) is 158 Å². The summed E-state index contributed by atoms with van der Waals surface area (Å²) in [5, 5.41) is 12.2. The maximum atomic E-state index is 13.4. The van der Waals surface area contributed by atoms with Gasteiger partial charge in [0.2, 0.25) is 0 Å². The molecule has 9 atom stereocenters. The topological polar surface area (TPSA) is 91.3 Å². The van der Waals surface area contributed by atoms with Crippen LogP contribution < -0.4 is 0 Å². The predicted molar refractivity (Wildman–Crippen MR) is 206 cm³/mol. The van der Waals surface area contributed by atoms with Gasteiger partial charge in [-0.3, -0.25) is 0 Å². The number of carbonyl (C=O) groups excluding carboxylic acids is 2. The van der Waals surface area contributed by atoms with Crippen molar-refractivity contribution in [2.75, 3.05) is 13.2 Å². The fourth-order valence-corrected chi connectivity index (χ4v) is 25.6. The molecule has 50 heavy (non-hydrogen) atoms. The van der Waals surface area contributed by atoms with Gasteiger partial charge in [0.15, 0.2) is 0 Å². The normalized spacial score (nSPS) is 31.5. The van der Waals surface area contributed by atoms with E-state index in [0.29, 0.717) is 25.4 Å². The summed E-state index contributed by atoms with van der Waals surface area (Å²) in [5.74, 6) is 0.0346. The van der Waals surface area contributed by atoms with Crippen molar-refractivity contribution >= 4 is 30.3 Å². The molecule has 0 unspecified atom stereocenters. The summed E-state index contributed by atoms with van der Waals surface area (Å²) in [6, 6.07) is 0. The Labute approximate surface area is 310 Å². The molecule has 3 fully saturated rings. The second kappa shape index (κ2) is 20.7. The third-order valence-corrected chi connectivity index (χ3v) is 29.0. The van der Waals surface area contributed by atoms with Gasteiger partial charge in [-0.25, -0.2) is 0 Å². The molecule has 8 heteroatoms. The fourth-order valence-electron chi connectivity index (χ4n) is 9.85. The van der Waals surface area contributed by atoms with Gasteiger partial charge in [-0.2, -0.15) is 0 Å². The maximum absolute atomic E-state index is 13.4. The molecule has 0 aromatic heterocycles. The van der Waals surface area contributed by atoms with Crippen LogP contribution in [0.3, 0.4) is 0 Å². The molecule has 7 nitrogen and oxygen atoms in total. The Hall–Kier alpha value is -0.641. The van der Waals surface area contributed by atoms with E-state index in [4.69, 9.17) is 25.5 Å². The van der Waals surface area contributed by atoms with Crippen molar-refractivity contribution in [3.63, 3.8) is 0 Å². The number of unbranched alkanes of at least 4 members (excludes halogenated alkanes) is 7. The molecule has 290 valence electrons. The zero-order valence-corrected chi connectivity index (χ0v) is 36.3. The first-order chi connectivity index (χ1) is 23.8. The molecule has 0 spiro atoms. The van der Waals surface area contributed by atoms with Gasteiger partial charge in [-0.05, 0) is 0 Å². The molecule has 2 heterocycles. The van der Waals surface area contributed by atoms with Gasteiger partial charge in [0, 0.05) is 0 Å². The van der Waals surface area contributed by atoms with Crippen LogP contribution in [0.4, 0.5) is 0 Å². The molecule has 0 aromatic rings. The van der Waals surface area contributed by atoms with Crippen molar-refractivity contribution in [3.8, 4) is 0 Å². The van der Waals surface area contributed by atoms with Gasteiger partial charge in [0.05, 0.1) is 0 Å². The molecule has 2 aliphatic heterocycles.